The Labute approximate surface area is 152 Å². The van der Waals surface area contributed by atoms with E-state index in [-0.39, 0.29) is 17.1 Å². The number of nitro benzene ring substituents is 1. The fourth-order valence-electron chi connectivity index (χ4n) is 3.18. The molecule has 7 nitrogen and oxygen atoms in total. The van der Waals surface area contributed by atoms with Gasteiger partial charge in [0, 0.05) is 37.5 Å². The Balaban J connectivity index is 1.72. The third kappa shape index (κ3) is 3.86. The third-order valence-corrected chi connectivity index (χ3v) is 5.98. The molecule has 0 aliphatic carbocycles. The number of hydrogen-bond donors (Lipinski definition) is 1. The second-order valence-electron chi connectivity index (χ2n) is 6.22. The summed E-state index contributed by atoms with van der Waals surface area (Å²) in [5.74, 6) is 0. The second kappa shape index (κ2) is 7.43. The molecule has 138 valence electrons. The van der Waals surface area contributed by atoms with Crippen molar-refractivity contribution in [2.45, 2.75) is 31.2 Å². The lowest BCUT2D eigenvalue weighted by molar-refractivity contribution is -0.384. The molecule has 0 saturated carbocycles. The van der Waals surface area contributed by atoms with Crippen LogP contribution in [-0.4, -0.2) is 26.4 Å². The van der Waals surface area contributed by atoms with Crippen molar-refractivity contribution in [3.05, 3.63) is 63.7 Å². The van der Waals surface area contributed by atoms with Gasteiger partial charge in [0.25, 0.3) is 5.69 Å². The van der Waals surface area contributed by atoms with E-state index >= 15 is 0 Å². The highest BCUT2D eigenvalue weighted by atomic mass is 32.2. The van der Waals surface area contributed by atoms with Crippen LogP contribution < -0.4 is 9.62 Å². The summed E-state index contributed by atoms with van der Waals surface area (Å²) in [4.78, 5) is 12.4. The zero-order valence-corrected chi connectivity index (χ0v) is 15.3. The molecule has 0 bridgehead atoms. The first-order valence-corrected chi connectivity index (χ1v) is 10.00. The molecule has 0 fully saturated rings. The lowest BCUT2D eigenvalue weighted by Crippen LogP contribution is -2.29. The SMILES string of the molecule is CCN1CCCc2cc(CNS(=O)(=O)c3ccc([N+](=O)[O-])cc3)ccc21. The van der Waals surface area contributed by atoms with Crippen LogP contribution in [0.3, 0.4) is 0 Å². The van der Waals surface area contributed by atoms with Crippen molar-refractivity contribution < 1.29 is 13.3 Å². The van der Waals surface area contributed by atoms with Crippen LogP contribution in [0.25, 0.3) is 0 Å². The van der Waals surface area contributed by atoms with Crippen LogP contribution in [-0.2, 0) is 23.0 Å². The van der Waals surface area contributed by atoms with Crippen LogP contribution in [0.4, 0.5) is 11.4 Å². The van der Waals surface area contributed by atoms with Gasteiger partial charge in [-0.1, -0.05) is 12.1 Å². The van der Waals surface area contributed by atoms with E-state index in [0.29, 0.717) is 0 Å². The highest BCUT2D eigenvalue weighted by Gasteiger charge is 2.18. The Kier molecular flexibility index (Phi) is 5.24. The summed E-state index contributed by atoms with van der Waals surface area (Å²) in [5, 5.41) is 10.7. The maximum absolute atomic E-state index is 12.4. The summed E-state index contributed by atoms with van der Waals surface area (Å²) in [6, 6.07) is 10.9. The summed E-state index contributed by atoms with van der Waals surface area (Å²) in [7, 11) is -3.72. The van der Waals surface area contributed by atoms with Gasteiger partial charge in [-0.05, 0) is 49.1 Å². The molecule has 2 aromatic rings. The first-order chi connectivity index (χ1) is 12.4. The smallest absolute Gasteiger partial charge is 0.269 e. The van der Waals surface area contributed by atoms with Gasteiger partial charge in [0.1, 0.15) is 0 Å². The van der Waals surface area contributed by atoms with Crippen molar-refractivity contribution in [2.75, 3.05) is 18.0 Å². The molecule has 1 N–H and O–H groups in total. The van der Waals surface area contributed by atoms with Gasteiger partial charge in [-0.2, -0.15) is 0 Å². The number of hydrogen-bond acceptors (Lipinski definition) is 5. The minimum Gasteiger partial charge on any atom is -0.372 e. The summed E-state index contributed by atoms with van der Waals surface area (Å²) >= 11 is 0. The number of anilines is 1. The molecule has 0 atom stereocenters. The van der Waals surface area contributed by atoms with E-state index in [4.69, 9.17) is 0 Å². The minimum absolute atomic E-state index is 0.0122. The van der Waals surface area contributed by atoms with Crippen LogP contribution in [0.15, 0.2) is 47.4 Å². The number of nitro groups is 1. The lowest BCUT2D eigenvalue weighted by atomic mass is 9.99. The highest BCUT2D eigenvalue weighted by Crippen LogP contribution is 2.28. The van der Waals surface area contributed by atoms with Gasteiger partial charge >= 0.3 is 0 Å². The molecule has 1 heterocycles. The van der Waals surface area contributed by atoms with Crippen LogP contribution in [0, 0.1) is 10.1 Å². The number of nitrogens with zero attached hydrogens (tertiary/aromatic N) is 2. The van der Waals surface area contributed by atoms with Gasteiger partial charge in [0.15, 0.2) is 0 Å². The largest absolute Gasteiger partial charge is 0.372 e. The average molecular weight is 375 g/mol. The summed E-state index contributed by atoms with van der Waals surface area (Å²) in [5.41, 5.74) is 3.22. The number of sulfonamides is 1. The maximum Gasteiger partial charge on any atom is 0.269 e. The molecule has 2 aromatic carbocycles. The molecule has 0 amide bonds. The molecule has 26 heavy (non-hydrogen) atoms. The lowest BCUT2D eigenvalue weighted by Gasteiger charge is -2.30. The Hall–Kier alpha value is -2.45. The van der Waals surface area contributed by atoms with E-state index in [0.717, 1.165) is 31.5 Å². The molecule has 1 aliphatic rings. The van der Waals surface area contributed by atoms with Crippen molar-refractivity contribution in [1.29, 1.82) is 0 Å². The van der Waals surface area contributed by atoms with Crippen LogP contribution in [0.1, 0.15) is 24.5 Å². The van der Waals surface area contributed by atoms with E-state index in [1.165, 1.54) is 35.5 Å². The van der Waals surface area contributed by atoms with E-state index in [9.17, 15) is 18.5 Å². The zero-order valence-electron chi connectivity index (χ0n) is 14.5. The van der Waals surface area contributed by atoms with Crippen LogP contribution in [0.5, 0.6) is 0 Å². The average Bonchev–Trinajstić information content (AvgIpc) is 2.65. The number of non-ortho nitro benzene ring substituents is 1. The predicted octanol–water partition coefficient (Wildman–Crippen LogP) is 2.85. The Morgan fingerprint density at radius 2 is 1.92 bits per heavy atom. The number of aryl methyl sites for hydroxylation is 1. The topological polar surface area (TPSA) is 92.6 Å². The maximum atomic E-state index is 12.4. The fraction of sp³-hybridized carbons (Fsp3) is 0.333. The summed E-state index contributed by atoms with van der Waals surface area (Å²) in [6.45, 7) is 4.31. The van der Waals surface area contributed by atoms with Crippen molar-refractivity contribution in [2.24, 2.45) is 0 Å². The van der Waals surface area contributed by atoms with Gasteiger partial charge in [-0.15, -0.1) is 0 Å². The second-order valence-corrected chi connectivity index (χ2v) is 7.99. The first kappa shape index (κ1) is 18.3. The van der Waals surface area contributed by atoms with Gasteiger partial charge in [0.2, 0.25) is 10.0 Å². The monoisotopic (exact) mass is 375 g/mol. The molecule has 0 spiro atoms. The van der Waals surface area contributed by atoms with E-state index < -0.39 is 14.9 Å². The van der Waals surface area contributed by atoms with E-state index in [1.807, 2.05) is 12.1 Å². The van der Waals surface area contributed by atoms with Gasteiger partial charge in [-0.25, -0.2) is 13.1 Å². The Morgan fingerprint density at radius 1 is 1.19 bits per heavy atom. The third-order valence-electron chi connectivity index (χ3n) is 4.56. The Morgan fingerprint density at radius 3 is 2.58 bits per heavy atom. The molecule has 0 aromatic heterocycles. The number of nitrogens with one attached hydrogen (secondary N) is 1. The summed E-state index contributed by atoms with van der Waals surface area (Å²) < 4.78 is 27.3. The predicted molar refractivity (Wildman–Crippen MR) is 99.8 cm³/mol. The molecule has 1 aliphatic heterocycles. The van der Waals surface area contributed by atoms with Crippen LogP contribution >= 0.6 is 0 Å². The fourth-order valence-corrected chi connectivity index (χ4v) is 4.19. The molecular weight excluding hydrogens is 354 g/mol. The van der Waals surface area contributed by atoms with E-state index in [1.54, 1.807) is 0 Å². The van der Waals surface area contributed by atoms with E-state index in [2.05, 4.69) is 22.6 Å². The minimum atomic E-state index is -3.72. The van der Waals surface area contributed by atoms with Gasteiger partial charge in [-0.3, -0.25) is 10.1 Å². The van der Waals surface area contributed by atoms with Crippen LogP contribution in [0.2, 0.25) is 0 Å². The zero-order chi connectivity index (χ0) is 18.7. The molecular formula is C18H21N3O4S. The summed E-state index contributed by atoms with van der Waals surface area (Å²) in [6.07, 6.45) is 2.09. The normalized spacial score (nSPS) is 14.1. The highest BCUT2D eigenvalue weighted by molar-refractivity contribution is 7.89. The Bertz CT molecular complexity index is 911. The van der Waals surface area contributed by atoms with Crippen molar-refractivity contribution >= 4 is 21.4 Å². The number of rotatable bonds is 6. The van der Waals surface area contributed by atoms with Crippen molar-refractivity contribution in [3.8, 4) is 0 Å². The molecule has 0 unspecified atom stereocenters. The van der Waals surface area contributed by atoms with Gasteiger partial charge < -0.3 is 4.90 Å². The first-order valence-electron chi connectivity index (χ1n) is 8.51. The molecule has 3 rings (SSSR count). The molecule has 8 heteroatoms. The number of benzene rings is 2. The quantitative estimate of drug-likeness (QED) is 0.619. The standard InChI is InChI=1S/C18H21N3O4S/c1-2-20-11-3-4-15-12-14(5-10-18(15)20)13-19-26(24,25)17-8-6-16(7-9-17)21(22)23/h5-10,12,19H,2-4,11,13H2,1H3. The number of fused-ring (bicyclic) bond motifs is 1. The molecule has 0 saturated heterocycles. The molecule has 0 radical (unpaired) electrons. The van der Waals surface area contributed by atoms with Gasteiger partial charge in [0.05, 0.1) is 9.82 Å². The van der Waals surface area contributed by atoms with Crippen molar-refractivity contribution in [3.63, 3.8) is 0 Å². The van der Waals surface area contributed by atoms with Crippen molar-refractivity contribution in [1.82, 2.24) is 4.72 Å².